The van der Waals surface area contributed by atoms with Crippen LogP contribution in [0.1, 0.15) is 26.5 Å². The van der Waals surface area contributed by atoms with E-state index in [0.29, 0.717) is 38.4 Å². The molecule has 0 radical (unpaired) electrons. The maximum atomic E-state index is 5.29. The van der Waals surface area contributed by atoms with Gasteiger partial charge in [-0.3, -0.25) is 0 Å². The van der Waals surface area contributed by atoms with Crippen molar-refractivity contribution in [2.24, 2.45) is 5.92 Å². The Kier molecular flexibility index (Phi) is 6.65. The fourth-order valence-corrected chi connectivity index (χ4v) is 1.26. The first-order chi connectivity index (χ1) is 8.22. The Morgan fingerprint density at radius 1 is 1.41 bits per heavy atom. The minimum atomic E-state index is 0.311. The van der Waals surface area contributed by atoms with Crippen molar-refractivity contribution in [1.82, 2.24) is 10.3 Å². The third-order valence-electron chi connectivity index (χ3n) is 2.05. The first kappa shape index (κ1) is 14.0. The van der Waals surface area contributed by atoms with Gasteiger partial charge >= 0.3 is 6.08 Å². The molecule has 0 fully saturated rings. The molecule has 1 rings (SSSR count). The molecule has 1 aromatic heterocycles. The average Bonchev–Trinajstić information content (AvgIpc) is 2.72. The van der Waals surface area contributed by atoms with Crippen molar-refractivity contribution in [2.75, 3.05) is 26.4 Å². The van der Waals surface area contributed by atoms with E-state index < -0.39 is 0 Å². The first-order valence-corrected chi connectivity index (χ1v) is 6.08. The Hall–Kier alpha value is -1.07. The standard InChI is InChI=1S/C12H22N2O3/c1-4-15-5-6-16-12-14-11(9-17-12)8-13-7-10(2)3/h9-10,13H,4-8H2,1-3H3. The van der Waals surface area contributed by atoms with Gasteiger partial charge in [-0.05, 0) is 19.4 Å². The number of nitrogens with one attached hydrogen (secondary N) is 1. The van der Waals surface area contributed by atoms with Crippen LogP contribution >= 0.6 is 0 Å². The van der Waals surface area contributed by atoms with E-state index in [9.17, 15) is 0 Å². The summed E-state index contributed by atoms with van der Waals surface area (Å²) in [5.74, 6) is 0.629. The number of hydrogen-bond acceptors (Lipinski definition) is 5. The van der Waals surface area contributed by atoms with Crippen LogP contribution in [0.5, 0.6) is 6.08 Å². The summed E-state index contributed by atoms with van der Waals surface area (Å²) in [6.07, 6.45) is 1.93. The van der Waals surface area contributed by atoms with Crippen LogP contribution in [-0.2, 0) is 11.3 Å². The number of rotatable bonds is 9. The van der Waals surface area contributed by atoms with Gasteiger partial charge in [-0.2, -0.15) is 4.98 Å². The normalized spacial score (nSPS) is 11.1. The molecule has 5 nitrogen and oxygen atoms in total. The lowest BCUT2D eigenvalue weighted by Gasteiger charge is -2.04. The number of hydrogen-bond donors (Lipinski definition) is 1. The summed E-state index contributed by atoms with van der Waals surface area (Å²) in [4.78, 5) is 4.20. The summed E-state index contributed by atoms with van der Waals surface area (Å²) in [5.41, 5.74) is 0.858. The summed E-state index contributed by atoms with van der Waals surface area (Å²) < 4.78 is 15.6. The van der Waals surface area contributed by atoms with E-state index in [0.717, 1.165) is 12.2 Å². The lowest BCUT2D eigenvalue weighted by Crippen LogP contribution is -2.19. The van der Waals surface area contributed by atoms with Gasteiger partial charge in [0.2, 0.25) is 0 Å². The van der Waals surface area contributed by atoms with Crippen molar-refractivity contribution in [2.45, 2.75) is 27.3 Å². The van der Waals surface area contributed by atoms with E-state index in [1.165, 1.54) is 0 Å². The van der Waals surface area contributed by atoms with E-state index in [1.54, 1.807) is 6.26 Å². The minimum Gasteiger partial charge on any atom is -0.448 e. The first-order valence-electron chi connectivity index (χ1n) is 6.08. The monoisotopic (exact) mass is 242 g/mol. The summed E-state index contributed by atoms with van der Waals surface area (Å²) in [6, 6.07) is 0. The number of ether oxygens (including phenoxy) is 2. The van der Waals surface area contributed by atoms with Crippen LogP contribution in [-0.4, -0.2) is 31.3 Å². The fourth-order valence-electron chi connectivity index (χ4n) is 1.26. The van der Waals surface area contributed by atoms with Crippen LogP contribution in [0.3, 0.4) is 0 Å². The molecule has 0 unspecified atom stereocenters. The third kappa shape index (κ3) is 6.28. The van der Waals surface area contributed by atoms with E-state index in [4.69, 9.17) is 13.9 Å². The molecule has 0 aliphatic carbocycles. The maximum Gasteiger partial charge on any atom is 0.393 e. The van der Waals surface area contributed by atoms with Gasteiger partial charge in [0.15, 0.2) is 0 Å². The van der Waals surface area contributed by atoms with Gasteiger partial charge in [-0.25, -0.2) is 0 Å². The minimum absolute atomic E-state index is 0.311. The second-order valence-electron chi connectivity index (χ2n) is 4.17. The van der Waals surface area contributed by atoms with E-state index >= 15 is 0 Å². The van der Waals surface area contributed by atoms with Crippen molar-refractivity contribution in [3.63, 3.8) is 0 Å². The van der Waals surface area contributed by atoms with E-state index in [1.807, 2.05) is 6.92 Å². The van der Waals surface area contributed by atoms with Gasteiger partial charge in [0.1, 0.15) is 12.9 Å². The Bertz CT molecular complexity index is 300. The second-order valence-corrected chi connectivity index (χ2v) is 4.17. The van der Waals surface area contributed by atoms with Crippen LogP contribution in [0.15, 0.2) is 10.7 Å². The lowest BCUT2D eigenvalue weighted by molar-refractivity contribution is 0.0965. The van der Waals surface area contributed by atoms with Crippen LogP contribution < -0.4 is 10.1 Å². The molecule has 5 heteroatoms. The molecular formula is C12H22N2O3. The molecule has 0 saturated carbocycles. The van der Waals surface area contributed by atoms with Crippen molar-refractivity contribution in [1.29, 1.82) is 0 Å². The topological polar surface area (TPSA) is 56.5 Å². The molecule has 0 aromatic carbocycles. The number of nitrogens with zero attached hydrogens (tertiary/aromatic N) is 1. The molecule has 0 aliphatic rings. The molecule has 0 amide bonds. The molecule has 1 heterocycles. The van der Waals surface area contributed by atoms with Gasteiger partial charge in [-0.15, -0.1) is 0 Å². The molecule has 0 bridgehead atoms. The molecule has 0 saturated heterocycles. The van der Waals surface area contributed by atoms with Crippen molar-refractivity contribution in [3.8, 4) is 6.08 Å². The van der Waals surface area contributed by atoms with Gasteiger partial charge in [0, 0.05) is 13.2 Å². The van der Waals surface area contributed by atoms with Gasteiger partial charge in [-0.1, -0.05) is 13.8 Å². The lowest BCUT2D eigenvalue weighted by atomic mass is 10.2. The van der Waals surface area contributed by atoms with Crippen molar-refractivity contribution in [3.05, 3.63) is 12.0 Å². The highest BCUT2D eigenvalue weighted by Gasteiger charge is 2.04. The smallest absolute Gasteiger partial charge is 0.393 e. The summed E-state index contributed by atoms with van der Waals surface area (Å²) in [5, 5.41) is 3.29. The quantitative estimate of drug-likeness (QED) is 0.670. The highest BCUT2D eigenvalue weighted by molar-refractivity contribution is 4.99. The Morgan fingerprint density at radius 3 is 2.94 bits per heavy atom. The maximum absolute atomic E-state index is 5.29. The van der Waals surface area contributed by atoms with E-state index in [-0.39, 0.29) is 0 Å². The predicted octanol–water partition coefficient (Wildman–Crippen LogP) is 1.84. The van der Waals surface area contributed by atoms with Crippen LogP contribution in [0, 0.1) is 5.92 Å². The third-order valence-corrected chi connectivity index (χ3v) is 2.05. The molecule has 98 valence electrons. The second kappa shape index (κ2) is 8.08. The largest absolute Gasteiger partial charge is 0.448 e. The molecule has 17 heavy (non-hydrogen) atoms. The number of oxazole rings is 1. The molecule has 0 atom stereocenters. The zero-order valence-electron chi connectivity index (χ0n) is 10.9. The highest BCUT2D eigenvalue weighted by atomic mass is 16.6. The molecular weight excluding hydrogens is 220 g/mol. The molecule has 1 N–H and O–H groups in total. The van der Waals surface area contributed by atoms with Crippen LogP contribution in [0.4, 0.5) is 0 Å². The molecule has 0 spiro atoms. The molecule has 1 aromatic rings. The average molecular weight is 242 g/mol. The van der Waals surface area contributed by atoms with Crippen molar-refractivity contribution >= 4 is 0 Å². The van der Waals surface area contributed by atoms with E-state index in [2.05, 4.69) is 24.1 Å². The summed E-state index contributed by atoms with van der Waals surface area (Å²) in [6.45, 7) is 9.66. The zero-order valence-corrected chi connectivity index (χ0v) is 10.9. The zero-order chi connectivity index (χ0) is 12.5. The summed E-state index contributed by atoms with van der Waals surface area (Å²) in [7, 11) is 0. The van der Waals surface area contributed by atoms with Crippen LogP contribution in [0.25, 0.3) is 0 Å². The fraction of sp³-hybridized carbons (Fsp3) is 0.750. The Morgan fingerprint density at radius 2 is 2.24 bits per heavy atom. The van der Waals surface area contributed by atoms with Crippen LogP contribution in [0.2, 0.25) is 0 Å². The van der Waals surface area contributed by atoms with Crippen molar-refractivity contribution < 1.29 is 13.9 Å². The summed E-state index contributed by atoms with van der Waals surface area (Å²) >= 11 is 0. The Balaban J connectivity index is 2.18. The van der Waals surface area contributed by atoms with Gasteiger partial charge in [0.25, 0.3) is 0 Å². The number of aromatic nitrogens is 1. The van der Waals surface area contributed by atoms with Gasteiger partial charge in [0.05, 0.1) is 12.3 Å². The van der Waals surface area contributed by atoms with Gasteiger partial charge < -0.3 is 19.2 Å². The highest BCUT2D eigenvalue weighted by Crippen LogP contribution is 2.09. The Labute approximate surface area is 103 Å². The predicted molar refractivity (Wildman–Crippen MR) is 65.0 cm³/mol. The SMILES string of the molecule is CCOCCOc1nc(CNCC(C)C)co1. The molecule has 0 aliphatic heterocycles.